The lowest BCUT2D eigenvalue weighted by Gasteiger charge is -2.52. The van der Waals surface area contributed by atoms with Crippen LogP contribution in [0.2, 0.25) is 0 Å². The summed E-state index contributed by atoms with van der Waals surface area (Å²) in [7, 11) is 0. The van der Waals surface area contributed by atoms with Gasteiger partial charge in [0.2, 0.25) is 5.91 Å². The van der Waals surface area contributed by atoms with Crippen molar-refractivity contribution in [2.45, 2.75) is 44.9 Å². The van der Waals surface area contributed by atoms with E-state index < -0.39 is 0 Å². The second kappa shape index (κ2) is 9.73. The molecule has 8 heteroatoms. The summed E-state index contributed by atoms with van der Waals surface area (Å²) in [5.41, 5.74) is 4.61. The van der Waals surface area contributed by atoms with Crippen LogP contribution >= 0.6 is 0 Å². The lowest BCUT2D eigenvalue weighted by Crippen LogP contribution is -2.62. The molecule has 4 aliphatic rings. The average Bonchev–Trinajstić information content (AvgIpc) is 3.58. The number of nitrogens with zero attached hydrogens (tertiary/aromatic N) is 5. The number of carbonyl (C=O) groups is 3. The molecule has 1 aliphatic carbocycles. The minimum Gasteiger partial charge on any atom is -0.341 e. The van der Waals surface area contributed by atoms with Crippen LogP contribution in [-0.4, -0.2) is 81.5 Å². The van der Waals surface area contributed by atoms with Crippen LogP contribution in [0.25, 0.3) is 0 Å². The molecule has 3 fully saturated rings. The molecule has 0 bridgehead atoms. The Morgan fingerprint density at radius 3 is 2.45 bits per heavy atom. The van der Waals surface area contributed by atoms with E-state index in [-0.39, 0.29) is 28.9 Å². The number of likely N-dealkylation sites (tertiary alicyclic amines) is 2. The Bertz CT molecular complexity index is 1280. The van der Waals surface area contributed by atoms with Crippen molar-refractivity contribution in [2.75, 3.05) is 39.3 Å². The largest absolute Gasteiger partial charge is 0.341 e. The van der Waals surface area contributed by atoms with Gasteiger partial charge in [-0.15, -0.1) is 0 Å². The van der Waals surface area contributed by atoms with Gasteiger partial charge in [0.1, 0.15) is 12.1 Å². The van der Waals surface area contributed by atoms with E-state index in [9.17, 15) is 14.4 Å². The van der Waals surface area contributed by atoms with E-state index >= 15 is 0 Å². The zero-order valence-corrected chi connectivity index (χ0v) is 22.2. The smallest absolute Gasteiger partial charge is 0.261 e. The van der Waals surface area contributed by atoms with Gasteiger partial charge >= 0.3 is 0 Å². The average molecular weight is 514 g/mol. The number of aryl methyl sites for hydroxylation is 2. The lowest BCUT2D eigenvalue weighted by molar-refractivity contribution is -0.144. The van der Waals surface area contributed by atoms with Crippen molar-refractivity contribution >= 4 is 17.6 Å². The Kier molecular flexibility index (Phi) is 6.38. The van der Waals surface area contributed by atoms with E-state index in [4.69, 9.17) is 0 Å². The first-order valence-corrected chi connectivity index (χ1v) is 13.7. The van der Waals surface area contributed by atoms with Crippen LogP contribution in [0.3, 0.4) is 0 Å². The molecular formula is C30H35N5O3. The van der Waals surface area contributed by atoms with Crippen LogP contribution in [0.4, 0.5) is 0 Å². The third kappa shape index (κ3) is 4.45. The van der Waals surface area contributed by atoms with Crippen molar-refractivity contribution in [3.8, 4) is 0 Å². The Morgan fingerprint density at radius 2 is 1.79 bits per heavy atom. The first kappa shape index (κ1) is 24.9. The van der Waals surface area contributed by atoms with Gasteiger partial charge in [0.05, 0.1) is 17.0 Å². The summed E-state index contributed by atoms with van der Waals surface area (Å²) < 4.78 is 0. The summed E-state index contributed by atoms with van der Waals surface area (Å²) in [4.78, 5) is 52.7. The number of fused-ring (bicyclic) bond motifs is 1. The number of aromatic nitrogens is 2. The molecule has 2 aromatic rings. The van der Waals surface area contributed by atoms with Crippen molar-refractivity contribution in [3.05, 3.63) is 70.9 Å². The van der Waals surface area contributed by atoms with E-state index in [1.54, 1.807) is 0 Å². The molecule has 38 heavy (non-hydrogen) atoms. The minimum absolute atomic E-state index is 0.0136. The van der Waals surface area contributed by atoms with Gasteiger partial charge in [-0.2, -0.15) is 0 Å². The fourth-order valence-corrected chi connectivity index (χ4v) is 6.82. The molecule has 1 saturated carbocycles. The maximum absolute atomic E-state index is 13.2. The first-order valence-electron chi connectivity index (χ1n) is 13.7. The van der Waals surface area contributed by atoms with Gasteiger partial charge in [0, 0.05) is 69.0 Å². The maximum Gasteiger partial charge on any atom is 0.261 e. The fourth-order valence-electron chi connectivity index (χ4n) is 6.82. The van der Waals surface area contributed by atoms with Gasteiger partial charge in [-0.05, 0) is 44.4 Å². The van der Waals surface area contributed by atoms with E-state index in [1.807, 2.05) is 35.9 Å². The highest BCUT2D eigenvalue weighted by atomic mass is 16.2. The van der Waals surface area contributed by atoms with E-state index in [1.165, 1.54) is 17.5 Å². The van der Waals surface area contributed by atoms with Crippen molar-refractivity contribution in [1.82, 2.24) is 24.7 Å². The number of amides is 2. The SMILES string of the molecule is Cc1ncnc(C)c1C(=O)N1C=C2CN(CCC3(c4ccccc4)CN(C(=O)C4CCC(=O)C4)C3)CC2C1. The van der Waals surface area contributed by atoms with Gasteiger partial charge in [-0.1, -0.05) is 30.3 Å². The van der Waals surface area contributed by atoms with Gasteiger partial charge in [0.25, 0.3) is 5.91 Å². The number of hydrogen-bond donors (Lipinski definition) is 0. The summed E-state index contributed by atoms with van der Waals surface area (Å²) in [5.74, 6) is 0.593. The Hall–Kier alpha value is -3.39. The molecule has 3 aliphatic heterocycles. The molecule has 8 nitrogen and oxygen atoms in total. The quantitative estimate of drug-likeness (QED) is 0.591. The van der Waals surface area contributed by atoms with E-state index in [0.717, 1.165) is 50.5 Å². The Morgan fingerprint density at radius 1 is 1.05 bits per heavy atom. The maximum atomic E-state index is 13.2. The van der Waals surface area contributed by atoms with Crippen LogP contribution in [0.1, 0.15) is 53.0 Å². The Balaban J connectivity index is 1.09. The highest BCUT2D eigenvalue weighted by molar-refractivity contribution is 5.97. The zero-order valence-electron chi connectivity index (χ0n) is 22.2. The van der Waals surface area contributed by atoms with Crippen molar-refractivity contribution in [1.29, 1.82) is 0 Å². The molecule has 2 unspecified atom stereocenters. The van der Waals surface area contributed by atoms with Crippen LogP contribution in [0, 0.1) is 25.7 Å². The molecular weight excluding hydrogens is 478 g/mol. The molecule has 2 saturated heterocycles. The third-order valence-electron chi connectivity index (χ3n) is 9.04. The topological polar surface area (TPSA) is 86.7 Å². The molecule has 4 heterocycles. The van der Waals surface area contributed by atoms with Crippen molar-refractivity contribution in [2.24, 2.45) is 11.8 Å². The monoisotopic (exact) mass is 513 g/mol. The minimum atomic E-state index is -0.123. The normalized spacial score (nSPS) is 24.4. The standard InChI is InChI=1S/C30H35N5O3/c1-20-27(21(2)32-19-31-20)29(38)34-15-23-13-33(14-24(23)16-34)11-10-30(25-6-4-3-5-7-25)17-35(18-30)28(37)22-8-9-26(36)12-22/h3-7,15,19,22,24H,8-14,16-18H2,1-2H3. The van der Waals surface area contributed by atoms with Gasteiger partial charge in [0.15, 0.2) is 0 Å². The molecule has 2 atom stereocenters. The van der Waals surface area contributed by atoms with Crippen LogP contribution in [-0.2, 0) is 15.0 Å². The third-order valence-corrected chi connectivity index (χ3v) is 9.04. The summed E-state index contributed by atoms with van der Waals surface area (Å²) in [6.07, 6.45) is 6.18. The molecule has 2 amide bonds. The zero-order chi connectivity index (χ0) is 26.4. The number of ketones is 1. The molecule has 1 aromatic carbocycles. The highest BCUT2D eigenvalue weighted by Crippen LogP contribution is 2.41. The molecule has 1 aromatic heterocycles. The molecule has 6 rings (SSSR count). The predicted octanol–water partition coefficient (Wildman–Crippen LogP) is 2.90. The number of carbonyl (C=O) groups excluding carboxylic acids is 3. The number of rotatable bonds is 6. The highest BCUT2D eigenvalue weighted by Gasteiger charge is 2.48. The van der Waals surface area contributed by atoms with Gasteiger partial charge < -0.3 is 9.80 Å². The predicted molar refractivity (Wildman–Crippen MR) is 142 cm³/mol. The van der Waals surface area contributed by atoms with Crippen LogP contribution in [0.15, 0.2) is 48.4 Å². The van der Waals surface area contributed by atoms with E-state index in [2.05, 4.69) is 39.1 Å². The van der Waals surface area contributed by atoms with Crippen LogP contribution < -0.4 is 0 Å². The number of hydrogen-bond acceptors (Lipinski definition) is 6. The second-order valence-corrected chi connectivity index (χ2v) is 11.6. The molecule has 0 N–H and O–H groups in total. The lowest BCUT2D eigenvalue weighted by atomic mass is 9.70. The summed E-state index contributed by atoms with van der Waals surface area (Å²) >= 11 is 0. The molecule has 0 spiro atoms. The summed E-state index contributed by atoms with van der Waals surface area (Å²) in [6, 6.07) is 10.6. The summed E-state index contributed by atoms with van der Waals surface area (Å²) in [5, 5.41) is 0. The van der Waals surface area contributed by atoms with Crippen molar-refractivity contribution < 1.29 is 14.4 Å². The fraction of sp³-hybridized carbons (Fsp3) is 0.500. The van der Waals surface area contributed by atoms with E-state index in [0.29, 0.717) is 37.3 Å². The van der Waals surface area contributed by atoms with Gasteiger partial charge in [-0.25, -0.2) is 9.97 Å². The van der Waals surface area contributed by atoms with Crippen molar-refractivity contribution in [3.63, 3.8) is 0 Å². The Labute approximate surface area is 223 Å². The molecule has 198 valence electrons. The van der Waals surface area contributed by atoms with Crippen LogP contribution in [0.5, 0.6) is 0 Å². The summed E-state index contributed by atoms with van der Waals surface area (Å²) in [6.45, 7) is 8.63. The number of Topliss-reactive ketones (excluding diaryl/α,β-unsaturated/α-hetero) is 1. The first-order chi connectivity index (χ1) is 18.3. The number of benzene rings is 1. The second-order valence-electron chi connectivity index (χ2n) is 11.6. The van der Waals surface area contributed by atoms with Gasteiger partial charge in [-0.3, -0.25) is 19.3 Å². The molecule has 0 radical (unpaired) electrons.